The molecule has 1 aliphatic heterocycles. The molecule has 8 heteroatoms. The summed E-state index contributed by atoms with van der Waals surface area (Å²) >= 11 is 0. The second-order valence-electron chi connectivity index (χ2n) is 9.27. The zero-order valence-electron chi connectivity index (χ0n) is 18.6. The molecule has 3 rings (SSSR count). The molecule has 2 aliphatic carbocycles. The maximum absolute atomic E-state index is 14.7. The van der Waals surface area contributed by atoms with Crippen LogP contribution in [0.25, 0.3) is 0 Å². The van der Waals surface area contributed by atoms with Gasteiger partial charge in [-0.25, -0.2) is 8.78 Å². The summed E-state index contributed by atoms with van der Waals surface area (Å²) in [5.41, 5.74) is 0. The summed E-state index contributed by atoms with van der Waals surface area (Å²) in [5.74, 6) is -1.64. The van der Waals surface area contributed by atoms with E-state index in [0.29, 0.717) is 38.8 Å². The fourth-order valence-corrected chi connectivity index (χ4v) is 5.51. The highest BCUT2D eigenvalue weighted by atomic mass is 19.1. The van der Waals surface area contributed by atoms with Crippen molar-refractivity contribution in [1.82, 2.24) is 9.80 Å². The zero-order chi connectivity index (χ0) is 22.0. The van der Waals surface area contributed by atoms with Crippen molar-refractivity contribution in [3.63, 3.8) is 0 Å². The lowest BCUT2D eigenvalue weighted by Crippen LogP contribution is -2.62. The quantitative estimate of drug-likeness (QED) is 0.688. The van der Waals surface area contributed by atoms with Gasteiger partial charge < -0.3 is 19.3 Å². The van der Waals surface area contributed by atoms with Crippen molar-refractivity contribution in [2.24, 2.45) is 11.8 Å². The van der Waals surface area contributed by atoms with Gasteiger partial charge in [-0.1, -0.05) is 0 Å². The van der Waals surface area contributed by atoms with Crippen LogP contribution in [0.3, 0.4) is 0 Å². The molecule has 0 N–H and O–H groups in total. The van der Waals surface area contributed by atoms with Gasteiger partial charge in [-0.2, -0.15) is 0 Å². The number of hydrogen-bond acceptors (Lipinski definition) is 4. The van der Waals surface area contributed by atoms with Crippen LogP contribution in [0.15, 0.2) is 0 Å². The molecular weight excluding hydrogens is 394 g/mol. The number of nitrogens with zero attached hydrogens (tertiary/aromatic N) is 2. The Balaban J connectivity index is 1.61. The van der Waals surface area contributed by atoms with Gasteiger partial charge in [-0.05, 0) is 39.5 Å². The largest absolute Gasteiger partial charge is 0.381 e. The molecule has 1 heterocycles. The summed E-state index contributed by atoms with van der Waals surface area (Å²) in [7, 11) is 3.15. The van der Waals surface area contributed by atoms with Gasteiger partial charge >= 0.3 is 0 Å². The number of alkyl halides is 2. The van der Waals surface area contributed by atoms with Gasteiger partial charge in [0.2, 0.25) is 11.8 Å². The maximum Gasteiger partial charge on any atom is 0.229 e. The molecule has 0 radical (unpaired) electrons. The lowest BCUT2D eigenvalue weighted by atomic mass is 9.83. The Morgan fingerprint density at radius 2 is 1.20 bits per heavy atom. The molecule has 172 valence electrons. The smallest absolute Gasteiger partial charge is 0.229 e. The fourth-order valence-electron chi connectivity index (χ4n) is 5.51. The van der Waals surface area contributed by atoms with Crippen LogP contribution < -0.4 is 0 Å². The molecule has 3 aliphatic rings. The number of ether oxygens (including phenoxy) is 2. The van der Waals surface area contributed by atoms with E-state index >= 15 is 0 Å². The molecule has 6 nitrogen and oxygen atoms in total. The normalized spacial score (nSPS) is 40.3. The average Bonchev–Trinajstić information content (AvgIpc) is 2.72. The highest BCUT2D eigenvalue weighted by molar-refractivity contribution is 5.82. The van der Waals surface area contributed by atoms with Crippen molar-refractivity contribution in [3.8, 4) is 0 Å². The van der Waals surface area contributed by atoms with Gasteiger partial charge in [0.25, 0.3) is 0 Å². The Kier molecular flexibility index (Phi) is 7.71. The summed E-state index contributed by atoms with van der Waals surface area (Å²) in [4.78, 5) is 29.6. The molecule has 0 bridgehead atoms. The first-order valence-corrected chi connectivity index (χ1v) is 11.2. The van der Waals surface area contributed by atoms with E-state index in [1.54, 1.807) is 24.0 Å². The molecule has 2 saturated carbocycles. The number of carbonyl (C=O) groups excluding carboxylic acids is 2. The van der Waals surface area contributed by atoms with Gasteiger partial charge in [0.05, 0.1) is 24.0 Å². The second kappa shape index (κ2) is 9.90. The Hall–Kier alpha value is -1.28. The van der Waals surface area contributed by atoms with Gasteiger partial charge in [0, 0.05) is 52.2 Å². The monoisotopic (exact) mass is 430 g/mol. The predicted octanol–water partition coefficient (Wildman–Crippen LogP) is 2.74. The van der Waals surface area contributed by atoms with Crippen LogP contribution >= 0.6 is 0 Å². The van der Waals surface area contributed by atoms with E-state index in [1.165, 1.54) is 0 Å². The number of halogens is 2. The van der Waals surface area contributed by atoms with Crippen LogP contribution in [0, 0.1) is 11.8 Å². The van der Waals surface area contributed by atoms with Crippen LogP contribution in [0.2, 0.25) is 0 Å². The molecular formula is C22H36F2N2O4. The molecule has 30 heavy (non-hydrogen) atoms. The van der Waals surface area contributed by atoms with Crippen molar-refractivity contribution >= 4 is 11.8 Å². The Morgan fingerprint density at radius 1 is 0.767 bits per heavy atom. The van der Waals surface area contributed by atoms with Crippen molar-refractivity contribution in [2.75, 3.05) is 27.3 Å². The molecule has 0 aromatic carbocycles. The number of rotatable bonds is 4. The Labute approximate surface area is 178 Å². The Morgan fingerprint density at radius 3 is 1.60 bits per heavy atom. The van der Waals surface area contributed by atoms with Gasteiger partial charge in [-0.15, -0.1) is 0 Å². The first kappa shape index (κ1) is 23.4. The zero-order valence-corrected chi connectivity index (χ0v) is 18.6. The first-order chi connectivity index (χ1) is 14.3. The molecule has 1 saturated heterocycles. The third-order valence-corrected chi connectivity index (χ3v) is 7.23. The highest BCUT2D eigenvalue weighted by Gasteiger charge is 2.44. The number of carbonyl (C=O) groups is 2. The summed E-state index contributed by atoms with van der Waals surface area (Å²) in [6, 6.07) is -0.461. The molecule has 2 amide bonds. The predicted molar refractivity (Wildman–Crippen MR) is 108 cm³/mol. The molecule has 0 aromatic rings. The number of piperazine rings is 1. The van der Waals surface area contributed by atoms with Crippen molar-refractivity contribution < 1.29 is 27.8 Å². The van der Waals surface area contributed by atoms with Crippen LogP contribution in [0.1, 0.15) is 52.4 Å². The number of methoxy groups -OCH3 is 2. The van der Waals surface area contributed by atoms with E-state index in [0.717, 1.165) is 0 Å². The molecule has 3 fully saturated rings. The topological polar surface area (TPSA) is 59.1 Å². The SMILES string of the molecule is COC1CCC(C(=O)N2C[C@@H](C)N(C(=O)C3CCC(OC)CC3F)[C@H](C)C2)C(F)C1. The minimum Gasteiger partial charge on any atom is -0.381 e. The van der Waals surface area contributed by atoms with Crippen molar-refractivity contribution in [1.29, 1.82) is 0 Å². The lowest BCUT2D eigenvalue weighted by molar-refractivity contribution is -0.156. The molecule has 8 atom stereocenters. The number of amides is 2. The standard InChI is InChI=1S/C22H36F2N2O4/c1-13-11-25(21(27)17-7-5-15(29-3)9-19(17)23)12-14(2)26(13)22(28)18-8-6-16(30-4)10-20(18)24/h13-20H,5-12H2,1-4H3/t13-,14-,15?,16?,17?,18?,19?,20?/m1/s1. The molecule has 6 unspecified atom stereocenters. The summed E-state index contributed by atoms with van der Waals surface area (Å²) in [5, 5.41) is 0. The van der Waals surface area contributed by atoms with Crippen molar-refractivity contribution in [3.05, 3.63) is 0 Å². The summed E-state index contributed by atoms with van der Waals surface area (Å²) in [6.45, 7) is 4.49. The summed E-state index contributed by atoms with van der Waals surface area (Å²) < 4.78 is 39.7. The third kappa shape index (κ3) is 4.79. The lowest BCUT2D eigenvalue weighted by Gasteiger charge is -2.47. The van der Waals surface area contributed by atoms with Crippen LogP contribution in [-0.2, 0) is 19.1 Å². The van der Waals surface area contributed by atoms with Gasteiger partial charge in [0.1, 0.15) is 12.3 Å². The van der Waals surface area contributed by atoms with Crippen LogP contribution in [-0.4, -0.2) is 85.6 Å². The van der Waals surface area contributed by atoms with E-state index in [1.807, 2.05) is 13.8 Å². The van der Waals surface area contributed by atoms with E-state index < -0.39 is 24.2 Å². The summed E-state index contributed by atoms with van der Waals surface area (Å²) in [6.07, 6.45) is 0.136. The van der Waals surface area contributed by atoms with E-state index in [9.17, 15) is 18.4 Å². The number of hydrogen-bond donors (Lipinski definition) is 0. The third-order valence-electron chi connectivity index (χ3n) is 7.23. The minimum atomic E-state index is -1.21. The highest BCUT2D eigenvalue weighted by Crippen LogP contribution is 2.34. The van der Waals surface area contributed by atoms with Crippen molar-refractivity contribution in [2.45, 2.75) is 89.0 Å². The fraction of sp³-hybridized carbons (Fsp3) is 0.909. The minimum absolute atomic E-state index is 0.127. The average molecular weight is 431 g/mol. The molecule has 0 aromatic heterocycles. The van der Waals surface area contributed by atoms with Gasteiger partial charge in [0.15, 0.2) is 0 Å². The van der Waals surface area contributed by atoms with Crippen LogP contribution in [0.4, 0.5) is 8.78 Å². The second-order valence-corrected chi connectivity index (χ2v) is 9.27. The molecule has 0 spiro atoms. The Bertz CT molecular complexity index is 610. The van der Waals surface area contributed by atoms with E-state index in [-0.39, 0.29) is 48.9 Å². The van der Waals surface area contributed by atoms with E-state index in [4.69, 9.17) is 9.47 Å². The maximum atomic E-state index is 14.7. The van der Waals surface area contributed by atoms with E-state index in [2.05, 4.69) is 0 Å². The first-order valence-electron chi connectivity index (χ1n) is 11.2. The van der Waals surface area contributed by atoms with Gasteiger partial charge in [-0.3, -0.25) is 9.59 Å². The van der Waals surface area contributed by atoms with Crippen LogP contribution in [0.5, 0.6) is 0 Å².